The Bertz CT molecular complexity index is 8050. The topological polar surface area (TPSA) is 403 Å². The zero-order valence-corrected chi connectivity index (χ0v) is 93.6. The molecule has 5 atom stereocenters. The summed E-state index contributed by atoms with van der Waals surface area (Å²) in [4.78, 5) is 65.3. The molecule has 5 unspecified atom stereocenters. The van der Waals surface area contributed by atoms with Crippen molar-refractivity contribution in [3.8, 4) is 110 Å². The molecule has 10 N–H and O–H groups in total. The van der Waals surface area contributed by atoms with Crippen molar-refractivity contribution in [2.75, 3.05) is 51.7 Å². The minimum Gasteiger partial charge on any atom is -0.396 e. The highest BCUT2D eigenvalue weighted by atomic mass is 32.2. The highest BCUT2D eigenvalue weighted by Crippen LogP contribution is 2.52. The number of aryl methyl sites for hydroxylation is 5. The Morgan fingerprint density at radius 2 is 0.799 bits per heavy atom. The first-order valence-electron chi connectivity index (χ1n) is 47.7. The van der Waals surface area contributed by atoms with E-state index in [2.05, 4.69) is 119 Å². The van der Waals surface area contributed by atoms with Gasteiger partial charge in [0.25, 0.3) is 0 Å². The van der Waals surface area contributed by atoms with E-state index in [9.17, 15) is 21.0 Å². The number of aromatic nitrogens is 17. The van der Waals surface area contributed by atoms with Crippen molar-refractivity contribution in [2.45, 2.75) is 190 Å². The molecule has 1 aromatic carbocycles. The van der Waals surface area contributed by atoms with Gasteiger partial charge in [0.15, 0.2) is 0 Å². The summed E-state index contributed by atoms with van der Waals surface area (Å²) >= 11 is 15.1. The molecule has 0 aliphatic heterocycles. The first-order valence-corrected chi connectivity index (χ1v) is 62.6. The third kappa shape index (κ3) is 21.7. The number of rotatable bonds is 30. The first-order chi connectivity index (χ1) is 69.9. The van der Waals surface area contributed by atoms with Crippen LogP contribution >= 0.6 is 113 Å². The van der Waals surface area contributed by atoms with Gasteiger partial charge in [0.05, 0.1) is 147 Å². The molecule has 20 aromatic rings. The second-order valence-corrected chi connectivity index (χ2v) is 53.4. The molecule has 748 valence electrons. The molecule has 2 aliphatic rings. The van der Waals surface area contributed by atoms with Crippen molar-refractivity contribution < 1.29 is 21.0 Å². The van der Waals surface area contributed by atoms with Gasteiger partial charge in [-0.15, -0.1) is 113 Å². The van der Waals surface area contributed by atoms with E-state index >= 15 is 0 Å². The van der Waals surface area contributed by atoms with Gasteiger partial charge >= 0.3 is 0 Å². The molecule has 0 saturated heterocycles. The van der Waals surface area contributed by atoms with Gasteiger partial charge in [-0.1, -0.05) is 116 Å². The molecule has 22 rings (SSSR count). The maximum absolute atomic E-state index is 13.4. The predicted molar refractivity (Wildman–Crippen MR) is 611 cm³/mol. The highest BCUT2D eigenvalue weighted by molar-refractivity contribution is 7.89. The molecule has 144 heavy (non-hydrogen) atoms. The largest absolute Gasteiger partial charge is 0.396 e. The number of unbranched alkanes of at least 4 members (excludes halogenated alkanes) is 4. The van der Waals surface area contributed by atoms with Crippen molar-refractivity contribution in [1.29, 1.82) is 0 Å². The minimum absolute atomic E-state index is 0.219. The Morgan fingerprint density at radius 1 is 0.396 bits per heavy atom. The Hall–Kier alpha value is -10.4. The number of thiophene rings is 6. The highest BCUT2D eigenvalue weighted by Gasteiger charge is 2.34. The number of thiazole rings is 4. The van der Waals surface area contributed by atoms with Crippen LogP contribution in [0, 0.1) is 20.8 Å². The van der Waals surface area contributed by atoms with Crippen molar-refractivity contribution >= 4 is 247 Å². The maximum Gasteiger partial charge on any atom is 0.141 e. The molecule has 42 heteroatoms. The van der Waals surface area contributed by atoms with Gasteiger partial charge < -0.3 is 46.9 Å². The predicted octanol–water partition coefficient (Wildman–Crippen LogP) is 26.2. The lowest BCUT2D eigenvalue weighted by molar-refractivity contribution is 0.505. The Morgan fingerprint density at radius 3 is 1.20 bits per heavy atom. The SMILES string of the molecule is CCCCS(=O)c1sc2nc(-c3nccs3)cc(-c3c(C)ncn3C)c2c1N.CCCCS(=O)c1sc2nc(-c3nccs3)cc(-c3cnc(C)n3C3CC3)c2c1N.CCCCS(=O)c1sc2nc(-c3nccs3)cc(-c3cnc(CC)n3C)c2c1N.CCCCS(=O)c1sc2nc(-c3nccs3)cc(-c3ncn(C)c3C)c2c1N.Nc1c(S(=O)C2CCCCC2)sc2nc(-c3cccs3)cc(-c3ccccc3)c12. The van der Waals surface area contributed by atoms with E-state index in [1.54, 1.807) is 94.1 Å². The Kier molecular flexibility index (Phi) is 33.3. The summed E-state index contributed by atoms with van der Waals surface area (Å²) < 4.78 is 76.8. The number of nitrogen functional groups attached to an aromatic ring is 5. The summed E-state index contributed by atoms with van der Waals surface area (Å²) in [6, 6.07) is 25.2. The van der Waals surface area contributed by atoms with E-state index in [0.29, 0.717) is 65.9 Å². The number of pyridine rings is 5. The molecule has 0 radical (unpaired) electrons. The molecule has 27 nitrogen and oxygen atoms in total. The average molecular weight is 2210 g/mol. The number of fused-ring (bicyclic) bond motifs is 5. The van der Waals surface area contributed by atoms with Gasteiger partial charge in [-0.3, -0.25) is 21.0 Å². The van der Waals surface area contributed by atoms with Crippen LogP contribution in [0.3, 0.4) is 0 Å². The summed E-state index contributed by atoms with van der Waals surface area (Å²) in [5.41, 5.74) is 51.8. The fraction of sp³-hybridized carbons (Fsp3) is 0.324. The average Bonchev–Trinajstić information content (AvgIpc) is 1.63. The lowest BCUT2D eigenvalue weighted by Gasteiger charge is -2.20. The van der Waals surface area contributed by atoms with Gasteiger partial charge in [0.1, 0.15) is 99.7 Å². The standard InChI is InChI=1S/C23H22N2OS3.C21H23N5OS3.C20H23N5OS3.2C19H21N5OS3/c24-21-20-17(15-8-3-1-4-9-15)14-18(19-12-7-13-27-19)25-22(20)28-23(21)29(26)16-10-5-2-6-11-16;1-3-4-9-30(27)21-18(22)17-14(16-11-24-12(2)26(16)13-5-6-13)10-15(25-20(17)29-21)19-23-7-8-28-19;1-4-6-9-29(26)20-17(21)16-12(14-11-23-15(5-2)25(14)3)10-13(24-19(16)28-20)18-22-7-8-27-18;1-4-5-8-28(25)19-15(20)14-12(16-11(2)24(3)10-22-16)9-13(23-18(14)27-19)17-21-6-7-26-17;1-4-5-8-28(25)19-15(20)14-12(16-11(2)22-10-24(16)3)9-13(23-18(14)27-19)17-21-6-7-26-17/h1,3-4,7-9,12-14,16H,2,5-6,10-11,24H2;7-8,10-11,13H,3-6,9,22H2,1-2H3;7-8,10-11H,4-6,9,21H2,1-3H3;2*6-7,9-10H,4-5,8,20H2,1-3H3. The van der Waals surface area contributed by atoms with E-state index in [0.717, 1.165) is 280 Å². The fourth-order valence-corrected chi connectivity index (χ4v) is 34.9. The van der Waals surface area contributed by atoms with E-state index < -0.39 is 54.0 Å². The second-order valence-electron chi connectivity index (χ2n) is 34.9. The molecule has 2 aliphatic carbocycles. The van der Waals surface area contributed by atoms with Crippen LogP contribution in [0.15, 0.2) is 171 Å². The molecule has 0 amide bonds. The van der Waals surface area contributed by atoms with Crippen LogP contribution in [0.5, 0.6) is 0 Å². The second kappa shape index (κ2) is 46.3. The Labute approximate surface area is 887 Å². The molecule has 2 fully saturated rings. The van der Waals surface area contributed by atoms with Gasteiger partial charge in [-0.2, -0.15) is 0 Å². The van der Waals surface area contributed by atoms with Crippen LogP contribution in [-0.2, 0) is 81.6 Å². The number of hydrogen-bond donors (Lipinski definition) is 5. The molecule has 0 spiro atoms. The van der Waals surface area contributed by atoms with Crippen LogP contribution in [-0.4, -0.2) is 132 Å². The first kappa shape index (κ1) is 104. The van der Waals surface area contributed by atoms with E-state index in [1.807, 2.05) is 127 Å². The van der Waals surface area contributed by atoms with E-state index in [4.69, 9.17) is 53.6 Å². The number of benzene rings is 1. The van der Waals surface area contributed by atoms with Crippen LogP contribution in [0.25, 0.3) is 161 Å². The smallest absolute Gasteiger partial charge is 0.141 e. The molecular weight excluding hydrogens is 2090 g/mol. The number of nitrogens with two attached hydrogens (primary N) is 5. The summed E-state index contributed by atoms with van der Waals surface area (Å²) in [5, 5.41) is 17.9. The van der Waals surface area contributed by atoms with Crippen molar-refractivity contribution in [3.63, 3.8) is 0 Å². The minimum atomic E-state index is -1.12. The maximum atomic E-state index is 13.4. The van der Waals surface area contributed by atoms with Crippen LogP contribution in [0.4, 0.5) is 28.4 Å². The van der Waals surface area contributed by atoms with E-state index in [-0.39, 0.29) is 5.25 Å². The van der Waals surface area contributed by atoms with Gasteiger partial charge in [0.2, 0.25) is 0 Å². The molecule has 2 saturated carbocycles. The molecule has 19 heterocycles. The summed E-state index contributed by atoms with van der Waals surface area (Å²) in [6.45, 7) is 16.5. The number of anilines is 5. The van der Waals surface area contributed by atoms with Crippen LogP contribution in [0.1, 0.15) is 160 Å². The summed E-state index contributed by atoms with van der Waals surface area (Å²) in [5.74, 6) is 4.49. The Balaban J connectivity index is 0.000000118. The van der Waals surface area contributed by atoms with Gasteiger partial charge in [0, 0.05) is 163 Å². The van der Waals surface area contributed by atoms with Crippen molar-refractivity contribution in [3.05, 3.63) is 173 Å². The van der Waals surface area contributed by atoms with Crippen molar-refractivity contribution in [2.24, 2.45) is 21.1 Å². The molecular formula is C102H110N22O5S15. The number of nitrogens with zero attached hydrogens (tertiary/aromatic N) is 17. The van der Waals surface area contributed by atoms with Crippen LogP contribution in [0.2, 0.25) is 0 Å². The summed E-state index contributed by atoms with van der Waals surface area (Å²) in [6.07, 6.45) is 31.0. The lowest BCUT2D eigenvalue weighted by Crippen LogP contribution is -2.18. The third-order valence-corrected chi connectivity index (χ3v) is 44.4. The van der Waals surface area contributed by atoms with E-state index in [1.165, 1.54) is 75.9 Å². The monoisotopic (exact) mass is 2200 g/mol. The van der Waals surface area contributed by atoms with Crippen molar-refractivity contribution in [1.82, 2.24) is 83.1 Å². The third-order valence-electron chi connectivity index (χ3n) is 25.1. The molecule has 19 aromatic heterocycles. The number of hydrogen-bond acceptors (Lipinski definition) is 33. The normalized spacial score (nSPS) is 13.9. The zero-order chi connectivity index (χ0) is 101. The van der Waals surface area contributed by atoms with Gasteiger partial charge in [-0.05, 0) is 125 Å². The molecule has 0 bridgehead atoms. The fourth-order valence-electron chi connectivity index (χ4n) is 17.4. The quantitative estimate of drug-likeness (QED) is 0.0279. The van der Waals surface area contributed by atoms with Gasteiger partial charge in [-0.25, -0.2) is 64.8 Å². The zero-order valence-electron chi connectivity index (χ0n) is 81.4. The lowest BCUT2D eigenvalue weighted by atomic mass is 10.0. The van der Waals surface area contributed by atoms with Crippen LogP contribution < -0.4 is 28.7 Å². The number of imidazole rings is 4. The summed E-state index contributed by atoms with van der Waals surface area (Å²) in [7, 11) is 0.407.